The lowest BCUT2D eigenvalue weighted by atomic mass is 10.1. The summed E-state index contributed by atoms with van der Waals surface area (Å²) < 4.78 is 6.25. The van der Waals surface area contributed by atoms with Crippen molar-refractivity contribution in [2.24, 2.45) is 0 Å². The first-order valence-electron chi connectivity index (χ1n) is 8.00. The Morgan fingerprint density at radius 1 is 1.12 bits per heavy atom. The zero-order chi connectivity index (χ0) is 17.1. The van der Waals surface area contributed by atoms with Crippen molar-refractivity contribution in [3.8, 4) is 5.75 Å². The minimum atomic E-state index is 0.0623. The first-order chi connectivity index (χ1) is 11.6. The Hall–Kier alpha value is -2.33. The lowest BCUT2D eigenvalue weighted by molar-refractivity contribution is 0.415. The zero-order valence-electron chi connectivity index (χ0n) is 14.2. The van der Waals surface area contributed by atoms with Gasteiger partial charge in [-0.1, -0.05) is 30.3 Å². The quantitative estimate of drug-likeness (QED) is 0.676. The molecule has 0 aliphatic rings. The van der Waals surface area contributed by atoms with Gasteiger partial charge >= 0.3 is 0 Å². The number of hydrogen-bond acceptors (Lipinski definition) is 4. The maximum Gasteiger partial charge on any atom is 0.211 e. The van der Waals surface area contributed by atoms with Gasteiger partial charge in [0.2, 0.25) is 5.43 Å². The molecule has 0 saturated heterocycles. The van der Waals surface area contributed by atoms with Gasteiger partial charge in [0.1, 0.15) is 5.75 Å². The number of hydrogen-bond donors (Lipinski definition) is 0. The van der Waals surface area contributed by atoms with Crippen LogP contribution in [0, 0.1) is 0 Å². The Morgan fingerprint density at radius 3 is 2.54 bits per heavy atom. The summed E-state index contributed by atoms with van der Waals surface area (Å²) in [5.74, 6) is 0.711. The summed E-state index contributed by atoms with van der Waals surface area (Å²) >= 11 is 1.60. The molecule has 0 amide bonds. The third-order valence-corrected chi connectivity index (χ3v) is 5.04. The van der Waals surface area contributed by atoms with Crippen LogP contribution in [0.15, 0.2) is 58.7 Å². The van der Waals surface area contributed by atoms with E-state index in [4.69, 9.17) is 4.74 Å². The number of ether oxygens (including phenoxy) is 1. The van der Waals surface area contributed by atoms with Gasteiger partial charge in [-0.15, -0.1) is 11.3 Å². The van der Waals surface area contributed by atoms with Gasteiger partial charge < -0.3 is 9.64 Å². The first kappa shape index (κ1) is 16.5. The van der Waals surface area contributed by atoms with Crippen LogP contribution in [-0.4, -0.2) is 13.2 Å². The van der Waals surface area contributed by atoms with Crippen LogP contribution in [0.4, 0.5) is 5.69 Å². The van der Waals surface area contributed by atoms with Crippen molar-refractivity contribution in [1.82, 2.24) is 0 Å². The van der Waals surface area contributed by atoms with E-state index in [0.29, 0.717) is 5.75 Å². The van der Waals surface area contributed by atoms with Crippen LogP contribution in [0.25, 0.3) is 10.1 Å². The fraction of sp³-hybridized carbons (Fsp3) is 0.250. The first-order valence-corrected chi connectivity index (χ1v) is 8.88. The van der Waals surface area contributed by atoms with Gasteiger partial charge in [-0.05, 0) is 37.6 Å². The van der Waals surface area contributed by atoms with Gasteiger partial charge in [-0.2, -0.15) is 0 Å². The minimum absolute atomic E-state index is 0.0623. The van der Waals surface area contributed by atoms with Crippen LogP contribution in [0.2, 0.25) is 0 Å². The molecule has 3 rings (SSSR count). The van der Waals surface area contributed by atoms with E-state index in [2.05, 4.69) is 30.9 Å². The molecule has 2 aromatic carbocycles. The molecule has 0 atom stereocenters. The molecule has 4 heteroatoms. The Labute approximate surface area is 146 Å². The average molecular weight is 339 g/mol. The number of fused-ring (bicyclic) bond motifs is 1. The predicted octanol–water partition coefficient (Wildman–Crippen LogP) is 4.69. The van der Waals surface area contributed by atoms with E-state index in [1.165, 1.54) is 5.56 Å². The molecule has 0 spiro atoms. The van der Waals surface area contributed by atoms with Crippen LogP contribution in [0.1, 0.15) is 19.4 Å². The molecular formula is C20H21NO2S. The largest absolute Gasteiger partial charge is 0.497 e. The Bertz CT molecular complexity index is 887. The molecule has 3 aromatic rings. The maximum atomic E-state index is 13.0. The molecule has 24 heavy (non-hydrogen) atoms. The highest BCUT2D eigenvalue weighted by Crippen LogP contribution is 2.26. The van der Waals surface area contributed by atoms with Crippen molar-refractivity contribution in [2.75, 3.05) is 12.0 Å². The molecule has 0 radical (unpaired) electrons. The second kappa shape index (κ2) is 7.05. The molecule has 0 aliphatic heterocycles. The number of methoxy groups -OCH3 is 1. The molecule has 0 unspecified atom stereocenters. The average Bonchev–Trinajstić information content (AvgIpc) is 2.61. The van der Waals surface area contributed by atoms with Crippen molar-refractivity contribution in [3.63, 3.8) is 0 Å². The Morgan fingerprint density at radius 2 is 1.88 bits per heavy atom. The van der Waals surface area contributed by atoms with Gasteiger partial charge in [-0.3, -0.25) is 4.79 Å². The third kappa shape index (κ3) is 3.29. The van der Waals surface area contributed by atoms with Crippen LogP contribution >= 0.6 is 11.3 Å². The summed E-state index contributed by atoms with van der Waals surface area (Å²) in [4.78, 5) is 15.2. The van der Waals surface area contributed by atoms with Gasteiger partial charge in [0.05, 0.1) is 12.8 Å². The summed E-state index contributed by atoms with van der Waals surface area (Å²) in [6.07, 6.45) is 0. The Kier molecular flexibility index (Phi) is 4.86. The lowest BCUT2D eigenvalue weighted by Crippen LogP contribution is -2.33. The summed E-state index contributed by atoms with van der Waals surface area (Å²) in [7, 11) is 1.62. The summed E-state index contributed by atoms with van der Waals surface area (Å²) in [5.41, 5.74) is 2.01. The van der Waals surface area contributed by atoms with Crippen molar-refractivity contribution in [3.05, 3.63) is 69.7 Å². The molecule has 1 aromatic heterocycles. The summed E-state index contributed by atoms with van der Waals surface area (Å²) in [5, 5.41) is 2.69. The smallest absolute Gasteiger partial charge is 0.211 e. The molecule has 0 aliphatic carbocycles. The molecule has 124 valence electrons. The van der Waals surface area contributed by atoms with Crippen molar-refractivity contribution in [2.45, 2.75) is 26.4 Å². The second-order valence-electron chi connectivity index (χ2n) is 6.02. The molecule has 0 saturated carbocycles. The minimum Gasteiger partial charge on any atom is -0.497 e. The van der Waals surface area contributed by atoms with Crippen LogP contribution < -0.4 is 15.1 Å². The monoisotopic (exact) mass is 339 g/mol. The predicted molar refractivity (Wildman–Crippen MR) is 102 cm³/mol. The molecule has 1 heterocycles. The van der Waals surface area contributed by atoms with Crippen LogP contribution in [-0.2, 0) is 6.54 Å². The van der Waals surface area contributed by atoms with Crippen molar-refractivity contribution >= 4 is 27.1 Å². The van der Waals surface area contributed by atoms with E-state index < -0.39 is 0 Å². The molecular weight excluding hydrogens is 318 g/mol. The number of nitrogens with zero attached hydrogens (tertiary/aromatic N) is 1. The molecule has 0 bridgehead atoms. The van der Waals surface area contributed by atoms with Crippen molar-refractivity contribution < 1.29 is 4.74 Å². The van der Waals surface area contributed by atoms with E-state index in [1.54, 1.807) is 18.4 Å². The number of benzene rings is 2. The van der Waals surface area contributed by atoms with Gasteiger partial charge in [0, 0.05) is 28.1 Å². The Balaban J connectivity index is 2.07. The van der Waals surface area contributed by atoms with E-state index in [0.717, 1.165) is 22.3 Å². The van der Waals surface area contributed by atoms with Gasteiger partial charge in [-0.25, -0.2) is 0 Å². The van der Waals surface area contributed by atoms with E-state index in [9.17, 15) is 4.79 Å². The molecule has 0 N–H and O–H groups in total. The number of anilines is 1. The standard InChI is InChI=1S/C20H21NO2S/c1-14(2)21(12-15-7-5-4-6-8-15)18-13-24-19-10-9-16(23-3)11-17(19)20(18)22/h4-11,13-14H,12H2,1-3H3. The topological polar surface area (TPSA) is 29.5 Å². The zero-order valence-corrected chi connectivity index (χ0v) is 15.0. The fourth-order valence-electron chi connectivity index (χ4n) is 2.75. The number of rotatable bonds is 5. The normalized spacial score (nSPS) is 11.0. The summed E-state index contributed by atoms with van der Waals surface area (Å²) in [6.45, 7) is 4.95. The second-order valence-corrected chi connectivity index (χ2v) is 6.93. The van der Waals surface area contributed by atoms with Crippen molar-refractivity contribution in [1.29, 1.82) is 0 Å². The SMILES string of the molecule is COc1ccc2scc(N(Cc3ccccc3)C(C)C)c(=O)c2c1. The highest BCUT2D eigenvalue weighted by atomic mass is 32.1. The van der Waals surface area contributed by atoms with Crippen LogP contribution in [0.3, 0.4) is 0 Å². The molecule has 3 nitrogen and oxygen atoms in total. The van der Waals surface area contributed by atoms with E-state index in [1.807, 2.05) is 41.8 Å². The summed E-state index contributed by atoms with van der Waals surface area (Å²) in [6, 6.07) is 16.1. The molecule has 0 fully saturated rings. The van der Waals surface area contributed by atoms with Crippen LogP contribution in [0.5, 0.6) is 5.75 Å². The highest BCUT2D eigenvalue weighted by Gasteiger charge is 2.16. The van der Waals surface area contributed by atoms with Gasteiger partial charge in [0.25, 0.3) is 0 Å². The van der Waals surface area contributed by atoms with E-state index in [-0.39, 0.29) is 11.5 Å². The lowest BCUT2D eigenvalue weighted by Gasteiger charge is -2.28. The third-order valence-electron chi connectivity index (χ3n) is 4.09. The fourth-order valence-corrected chi connectivity index (χ4v) is 3.66. The van der Waals surface area contributed by atoms with Gasteiger partial charge in [0.15, 0.2) is 0 Å². The highest BCUT2D eigenvalue weighted by molar-refractivity contribution is 7.16. The van der Waals surface area contributed by atoms with E-state index >= 15 is 0 Å². The maximum absolute atomic E-state index is 13.0.